The first-order chi connectivity index (χ1) is 7.67. The van der Waals surface area contributed by atoms with Gasteiger partial charge < -0.3 is 10.1 Å². The van der Waals surface area contributed by atoms with Crippen molar-refractivity contribution in [2.45, 2.75) is 20.3 Å². The molecule has 88 valence electrons. The fourth-order valence-corrected chi connectivity index (χ4v) is 1.47. The van der Waals surface area contributed by atoms with Crippen molar-refractivity contribution in [1.29, 1.82) is 0 Å². The van der Waals surface area contributed by atoms with Gasteiger partial charge in [0.1, 0.15) is 0 Å². The molecule has 0 aliphatic heterocycles. The van der Waals surface area contributed by atoms with E-state index in [1.165, 1.54) is 12.7 Å². The van der Waals surface area contributed by atoms with E-state index in [-0.39, 0.29) is 11.9 Å². The van der Waals surface area contributed by atoms with Gasteiger partial charge in [-0.25, -0.2) is 0 Å². The van der Waals surface area contributed by atoms with Gasteiger partial charge in [-0.05, 0) is 25.5 Å². The summed E-state index contributed by atoms with van der Waals surface area (Å²) < 4.78 is 4.73. The van der Waals surface area contributed by atoms with Crippen LogP contribution in [0.3, 0.4) is 0 Å². The van der Waals surface area contributed by atoms with Crippen LogP contribution in [0.15, 0.2) is 24.3 Å². The average Bonchev–Trinajstić information content (AvgIpc) is 2.31. The topological polar surface area (TPSA) is 38.3 Å². The van der Waals surface area contributed by atoms with E-state index in [0.717, 1.165) is 12.1 Å². The largest absolute Gasteiger partial charge is 0.469 e. The minimum absolute atomic E-state index is 0.0775. The maximum Gasteiger partial charge on any atom is 0.310 e. The number of esters is 1. The zero-order valence-corrected chi connectivity index (χ0v) is 10.1. The third-order valence-electron chi connectivity index (χ3n) is 2.63. The van der Waals surface area contributed by atoms with E-state index in [1.54, 1.807) is 0 Å². The molecule has 0 heterocycles. The summed E-state index contributed by atoms with van der Waals surface area (Å²) in [6, 6.07) is 8.11. The third kappa shape index (κ3) is 3.57. The summed E-state index contributed by atoms with van der Waals surface area (Å²) in [5, 5.41) is 3.24. The lowest BCUT2D eigenvalue weighted by molar-refractivity contribution is -0.145. The van der Waals surface area contributed by atoms with Gasteiger partial charge in [0.15, 0.2) is 0 Å². The molecule has 1 aromatic carbocycles. The van der Waals surface area contributed by atoms with Crippen LogP contribution in [0.4, 0.5) is 5.69 Å². The van der Waals surface area contributed by atoms with Crippen LogP contribution in [0.1, 0.15) is 18.9 Å². The van der Waals surface area contributed by atoms with Gasteiger partial charge in [0.05, 0.1) is 13.0 Å². The monoisotopic (exact) mass is 221 g/mol. The molecule has 0 spiro atoms. The highest BCUT2D eigenvalue weighted by Gasteiger charge is 2.16. The van der Waals surface area contributed by atoms with Crippen molar-refractivity contribution < 1.29 is 9.53 Å². The Morgan fingerprint density at radius 2 is 2.00 bits per heavy atom. The van der Waals surface area contributed by atoms with Gasteiger partial charge in [0.2, 0.25) is 0 Å². The molecule has 0 aromatic heterocycles. The van der Waals surface area contributed by atoms with E-state index in [4.69, 9.17) is 4.74 Å². The molecule has 0 fully saturated rings. The molecule has 3 nitrogen and oxygen atoms in total. The number of aryl methyl sites for hydroxylation is 1. The van der Waals surface area contributed by atoms with E-state index < -0.39 is 0 Å². The molecular formula is C13H19NO2. The first kappa shape index (κ1) is 12.6. The lowest BCUT2D eigenvalue weighted by Gasteiger charge is -2.14. The minimum atomic E-state index is -0.151. The second kappa shape index (κ2) is 6.16. The maximum atomic E-state index is 11.4. The van der Waals surface area contributed by atoms with Crippen LogP contribution in [-0.2, 0) is 9.53 Å². The molecule has 1 aromatic rings. The van der Waals surface area contributed by atoms with Crippen molar-refractivity contribution in [2.24, 2.45) is 5.92 Å². The molecule has 0 bridgehead atoms. The number of nitrogens with one attached hydrogen (secondary N) is 1. The summed E-state index contributed by atoms with van der Waals surface area (Å²) in [5.74, 6) is -0.228. The highest BCUT2D eigenvalue weighted by molar-refractivity contribution is 5.73. The molecule has 0 saturated heterocycles. The van der Waals surface area contributed by atoms with E-state index >= 15 is 0 Å². The van der Waals surface area contributed by atoms with E-state index in [1.807, 2.05) is 38.1 Å². The van der Waals surface area contributed by atoms with Crippen LogP contribution in [0, 0.1) is 12.8 Å². The average molecular weight is 221 g/mol. The van der Waals surface area contributed by atoms with Gasteiger partial charge in [0.25, 0.3) is 0 Å². The molecule has 0 aliphatic rings. The summed E-state index contributed by atoms with van der Waals surface area (Å²) in [6.45, 7) is 4.65. The third-order valence-corrected chi connectivity index (χ3v) is 2.63. The molecule has 0 radical (unpaired) electrons. The van der Waals surface area contributed by atoms with Crippen LogP contribution >= 0.6 is 0 Å². The second-order valence-electron chi connectivity index (χ2n) is 3.88. The molecule has 0 saturated carbocycles. The number of carbonyl (C=O) groups is 1. The van der Waals surface area contributed by atoms with Crippen LogP contribution in [0.25, 0.3) is 0 Å². The van der Waals surface area contributed by atoms with Crippen molar-refractivity contribution in [2.75, 3.05) is 19.0 Å². The minimum Gasteiger partial charge on any atom is -0.469 e. The molecule has 1 rings (SSSR count). The van der Waals surface area contributed by atoms with Gasteiger partial charge in [-0.15, -0.1) is 0 Å². The Kier molecular flexibility index (Phi) is 4.83. The molecular weight excluding hydrogens is 202 g/mol. The van der Waals surface area contributed by atoms with E-state index in [0.29, 0.717) is 6.54 Å². The summed E-state index contributed by atoms with van der Waals surface area (Å²) >= 11 is 0. The van der Waals surface area contributed by atoms with Gasteiger partial charge >= 0.3 is 5.97 Å². The number of hydrogen-bond acceptors (Lipinski definition) is 3. The van der Waals surface area contributed by atoms with Crippen LogP contribution < -0.4 is 5.32 Å². The van der Waals surface area contributed by atoms with Crippen LogP contribution in [-0.4, -0.2) is 19.6 Å². The predicted octanol–water partition coefficient (Wildman–Crippen LogP) is 2.61. The summed E-state index contributed by atoms with van der Waals surface area (Å²) in [6.07, 6.45) is 0.783. The maximum absolute atomic E-state index is 11.4. The van der Waals surface area contributed by atoms with Crippen molar-refractivity contribution in [3.63, 3.8) is 0 Å². The molecule has 1 unspecified atom stereocenters. The zero-order chi connectivity index (χ0) is 12.0. The summed E-state index contributed by atoms with van der Waals surface area (Å²) in [5.41, 5.74) is 2.26. The number of carbonyl (C=O) groups excluding carboxylic acids is 1. The highest BCUT2D eigenvalue weighted by Crippen LogP contribution is 2.11. The van der Waals surface area contributed by atoms with Gasteiger partial charge in [-0.2, -0.15) is 0 Å². The smallest absolute Gasteiger partial charge is 0.310 e. The van der Waals surface area contributed by atoms with Crippen LogP contribution in [0.2, 0.25) is 0 Å². The molecule has 3 heteroatoms. The van der Waals surface area contributed by atoms with E-state index in [2.05, 4.69) is 5.32 Å². The summed E-state index contributed by atoms with van der Waals surface area (Å²) in [7, 11) is 1.43. The SMILES string of the molecule is CCC(CNc1ccc(C)cc1)C(=O)OC. The molecule has 0 amide bonds. The Labute approximate surface area is 96.8 Å². The predicted molar refractivity (Wildman–Crippen MR) is 65.5 cm³/mol. The van der Waals surface area contributed by atoms with Gasteiger partial charge in [-0.3, -0.25) is 4.79 Å². The molecule has 1 atom stereocenters. The Morgan fingerprint density at radius 1 is 1.38 bits per heavy atom. The fourth-order valence-electron chi connectivity index (χ4n) is 1.47. The normalized spacial score (nSPS) is 11.9. The first-order valence-electron chi connectivity index (χ1n) is 5.55. The Bertz CT molecular complexity index is 332. The van der Waals surface area contributed by atoms with Crippen molar-refractivity contribution >= 4 is 11.7 Å². The first-order valence-corrected chi connectivity index (χ1v) is 5.55. The number of ether oxygens (including phenoxy) is 1. The van der Waals surface area contributed by atoms with Crippen molar-refractivity contribution in [3.8, 4) is 0 Å². The fraction of sp³-hybridized carbons (Fsp3) is 0.462. The Balaban J connectivity index is 2.49. The molecule has 1 N–H and O–H groups in total. The Morgan fingerprint density at radius 3 is 2.50 bits per heavy atom. The lowest BCUT2D eigenvalue weighted by Crippen LogP contribution is -2.23. The lowest BCUT2D eigenvalue weighted by atomic mass is 10.1. The number of benzene rings is 1. The van der Waals surface area contributed by atoms with E-state index in [9.17, 15) is 4.79 Å². The number of rotatable bonds is 5. The van der Waals surface area contributed by atoms with Crippen molar-refractivity contribution in [3.05, 3.63) is 29.8 Å². The number of hydrogen-bond donors (Lipinski definition) is 1. The summed E-state index contributed by atoms with van der Waals surface area (Å²) in [4.78, 5) is 11.4. The molecule has 0 aliphatic carbocycles. The highest BCUT2D eigenvalue weighted by atomic mass is 16.5. The zero-order valence-electron chi connectivity index (χ0n) is 10.1. The number of anilines is 1. The second-order valence-corrected chi connectivity index (χ2v) is 3.88. The van der Waals surface area contributed by atoms with Crippen LogP contribution in [0.5, 0.6) is 0 Å². The van der Waals surface area contributed by atoms with Gasteiger partial charge in [0, 0.05) is 12.2 Å². The Hall–Kier alpha value is -1.51. The standard InChI is InChI=1S/C13H19NO2/c1-4-11(13(15)16-3)9-14-12-7-5-10(2)6-8-12/h5-8,11,14H,4,9H2,1-3H3. The number of methoxy groups -OCH3 is 1. The quantitative estimate of drug-likeness (QED) is 0.777. The molecule has 16 heavy (non-hydrogen) atoms. The van der Waals surface area contributed by atoms with Crippen molar-refractivity contribution in [1.82, 2.24) is 0 Å². The van der Waals surface area contributed by atoms with Gasteiger partial charge in [-0.1, -0.05) is 24.6 Å².